The van der Waals surface area contributed by atoms with Crippen molar-refractivity contribution in [3.63, 3.8) is 0 Å². The number of anilines is 2. The number of hydrogen-bond acceptors (Lipinski definition) is 5. The summed E-state index contributed by atoms with van der Waals surface area (Å²) in [5, 5.41) is 8.49. The van der Waals surface area contributed by atoms with Crippen molar-refractivity contribution < 1.29 is 9.53 Å². The quantitative estimate of drug-likeness (QED) is 0.263. The molecule has 0 spiro atoms. The van der Waals surface area contributed by atoms with Crippen LogP contribution in [0.2, 0.25) is 10.0 Å². The molecule has 0 fully saturated rings. The number of carbonyl (C=O) groups excluding carboxylic acids is 1. The number of hydrogen-bond donors (Lipinski definition) is 1. The summed E-state index contributed by atoms with van der Waals surface area (Å²) in [6.45, 7) is 5.21. The van der Waals surface area contributed by atoms with Crippen molar-refractivity contribution in [1.29, 1.82) is 0 Å². The number of nitrogens with one attached hydrogen (secondary N) is 1. The molecule has 0 aliphatic carbocycles. The Bertz CT molecular complexity index is 1650. The molecule has 0 radical (unpaired) electrons. The average molecular weight is 596 g/mol. The molecule has 11 heteroatoms. The van der Waals surface area contributed by atoms with Gasteiger partial charge in [-0.2, -0.15) is 0 Å². The lowest BCUT2D eigenvalue weighted by atomic mass is 9.91. The summed E-state index contributed by atoms with van der Waals surface area (Å²) in [4.78, 5) is 30.4. The highest BCUT2D eigenvalue weighted by Gasteiger charge is 2.41. The third-order valence-electron chi connectivity index (χ3n) is 7.08. The van der Waals surface area contributed by atoms with Crippen molar-refractivity contribution in [2.45, 2.75) is 32.4 Å². The van der Waals surface area contributed by atoms with Crippen LogP contribution in [0.1, 0.15) is 42.6 Å². The van der Waals surface area contributed by atoms with Crippen molar-refractivity contribution in [1.82, 2.24) is 19.2 Å². The van der Waals surface area contributed by atoms with Crippen LogP contribution in [0.15, 0.2) is 65.6 Å². The van der Waals surface area contributed by atoms with Gasteiger partial charge in [-0.25, -0.2) is 9.48 Å². The number of likely N-dealkylation sites (N-methyl/N-ethyl adjacent to an activating group) is 1. The molecule has 0 bridgehead atoms. The molecular weight excluding hydrogens is 563 g/mol. The van der Waals surface area contributed by atoms with E-state index >= 15 is 0 Å². The Balaban J connectivity index is 1.77. The second-order valence-electron chi connectivity index (χ2n) is 10.5. The maximum Gasteiger partial charge on any atom is 0.328 e. The van der Waals surface area contributed by atoms with E-state index in [-0.39, 0.29) is 16.5 Å². The summed E-state index contributed by atoms with van der Waals surface area (Å²) in [6.07, 6.45) is 1.69. The summed E-state index contributed by atoms with van der Waals surface area (Å²) in [6, 6.07) is 15.6. The van der Waals surface area contributed by atoms with Gasteiger partial charge >= 0.3 is 6.03 Å². The Morgan fingerprint density at radius 2 is 1.78 bits per heavy atom. The first-order chi connectivity index (χ1) is 19.6. The van der Waals surface area contributed by atoms with Gasteiger partial charge in [-0.15, -0.1) is 5.10 Å². The molecule has 1 aliphatic rings. The Morgan fingerprint density at radius 1 is 1.07 bits per heavy atom. The van der Waals surface area contributed by atoms with Gasteiger partial charge < -0.3 is 14.2 Å². The number of urea groups is 1. The Morgan fingerprint density at radius 3 is 2.44 bits per heavy atom. The van der Waals surface area contributed by atoms with Crippen LogP contribution in [-0.2, 0) is 6.54 Å². The van der Waals surface area contributed by atoms with Crippen molar-refractivity contribution in [3.05, 3.63) is 98.0 Å². The molecule has 0 saturated heterocycles. The SMILES string of the molecule is COc1ccccc1-n1nc2c(c1C(C)C)C(c1ccc(Cl)cc1)N(c1cc(Cl)c(=O)n(CCN(C)C)c1)C(=O)N2. The number of para-hydroxylation sites is 2. The zero-order valence-corrected chi connectivity index (χ0v) is 25.1. The normalized spacial score (nSPS) is 14.9. The Hall–Kier alpha value is -3.79. The number of rotatable bonds is 8. The molecule has 1 atom stereocenters. The number of ether oxygens (including phenoxy) is 1. The van der Waals surface area contributed by atoms with Crippen LogP contribution in [0.5, 0.6) is 5.75 Å². The lowest BCUT2D eigenvalue weighted by molar-refractivity contribution is 0.254. The number of halogens is 2. The fourth-order valence-electron chi connectivity index (χ4n) is 5.17. The number of pyridine rings is 1. The van der Waals surface area contributed by atoms with E-state index in [0.717, 1.165) is 22.5 Å². The molecule has 41 heavy (non-hydrogen) atoms. The largest absolute Gasteiger partial charge is 0.494 e. The van der Waals surface area contributed by atoms with Gasteiger partial charge in [0.25, 0.3) is 5.56 Å². The molecule has 9 nitrogen and oxygen atoms in total. The van der Waals surface area contributed by atoms with Gasteiger partial charge in [0.05, 0.1) is 24.5 Å². The number of carbonyl (C=O) groups is 1. The van der Waals surface area contributed by atoms with Crippen molar-refractivity contribution in [2.24, 2.45) is 0 Å². The van der Waals surface area contributed by atoms with E-state index < -0.39 is 12.1 Å². The van der Waals surface area contributed by atoms with Crippen LogP contribution in [0.25, 0.3) is 5.69 Å². The molecule has 4 aromatic rings. The monoisotopic (exact) mass is 594 g/mol. The second-order valence-corrected chi connectivity index (χ2v) is 11.3. The minimum Gasteiger partial charge on any atom is -0.494 e. The van der Waals surface area contributed by atoms with Gasteiger partial charge in [0, 0.05) is 29.9 Å². The zero-order valence-electron chi connectivity index (χ0n) is 23.6. The number of nitrogens with zero attached hydrogens (tertiary/aromatic N) is 5. The highest BCUT2D eigenvalue weighted by atomic mass is 35.5. The van der Waals surface area contributed by atoms with Gasteiger partial charge in [-0.1, -0.05) is 61.3 Å². The highest BCUT2D eigenvalue weighted by Crippen LogP contribution is 2.45. The van der Waals surface area contributed by atoms with Gasteiger partial charge in [0.15, 0.2) is 5.82 Å². The molecule has 3 heterocycles. The summed E-state index contributed by atoms with van der Waals surface area (Å²) in [5.74, 6) is 1.12. The fourth-order valence-corrected chi connectivity index (χ4v) is 5.52. The lowest BCUT2D eigenvalue weighted by Gasteiger charge is -2.37. The van der Waals surface area contributed by atoms with Crippen molar-refractivity contribution in [3.8, 4) is 11.4 Å². The number of fused-ring (bicyclic) bond motifs is 1. The van der Waals surface area contributed by atoms with E-state index in [2.05, 4.69) is 19.2 Å². The third kappa shape index (κ3) is 5.45. The van der Waals surface area contributed by atoms with Crippen molar-refractivity contribution >= 4 is 40.7 Å². The maximum atomic E-state index is 13.9. The predicted molar refractivity (Wildman–Crippen MR) is 163 cm³/mol. The van der Waals surface area contributed by atoms with E-state index in [0.29, 0.717) is 35.4 Å². The average Bonchev–Trinajstić information content (AvgIpc) is 3.32. The van der Waals surface area contributed by atoms with E-state index in [1.54, 1.807) is 41.0 Å². The van der Waals surface area contributed by atoms with Crippen LogP contribution in [-0.4, -0.2) is 53.0 Å². The molecule has 214 valence electrons. The lowest BCUT2D eigenvalue weighted by Crippen LogP contribution is -2.44. The molecule has 0 saturated carbocycles. The molecule has 5 rings (SSSR count). The summed E-state index contributed by atoms with van der Waals surface area (Å²) in [5.41, 5.74) is 3.48. The van der Waals surface area contributed by atoms with E-state index in [1.807, 2.05) is 60.1 Å². The van der Waals surface area contributed by atoms with Crippen LogP contribution in [0.4, 0.5) is 16.3 Å². The predicted octanol–water partition coefficient (Wildman–Crippen LogP) is 6.18. The number of benzene rings is 2. The van der Waals surface area contributed by atoms with Crippen LogP contribution in [0.3, 0.4) is 0 Å². The number of methoxy groups -OCH3 is 1. The van der Waals surface area contributed by atoms with Crippen LogP contribution >= 0.6 is 23.2 Å². The van der Waals surface area contributed by atoms with E-state index in [9.17, 15) is 9.59 Å². The summed E-state index contributed by atoms with van der Waals surface area (Å²) in [7, 11) is 5.48. The topological polar surface area (TPSA) is 84.6 Å². The minimum atomic E-state index is -0.590. The smallest absolute Gasteiger partial charge is 0.328 e. The van der Waals surface area contributed by atoms with Crippen molar-refractivity contribution in [2.75, 3.05) is 38.0 Å². The molecule has 1 aliphatic heterocycles. The Labute approximate surface area is 248 Å². The summed E-state index contributed by atoms with van der Waals surface area (Å²) < 4.78 is 9.04. The minimum absolute atomic E-state index is 0.0143. The van der Waals surface area contributed by atoms with Gasteiger partial charge in [-0.3, -0.25) is 15.0 Å². The fraction of sp³-hybridized carbons (Fsp3) is 0.300. The molecule has 2 amide bonds. The van der Waals surface area contributed by atoms with E-state index in [1.165, 1.54) is 0 Å². The van der Waals surface area contributed by atoms with Gasteiger partial charge in [0.1, 0.15) is 16.5 Å². The maximum absolute atomic E-state index is 13.9. The summed E-state index contributed by atoms with van der Waals surface area (Å²) >= 11 is 12.7. The first-order valence-corrected chi connectivity index (χ1v) is 14.0. The van der Waals surface area contributed by atoms with Crippen LogP contribution in [0, 0.1) is 0 Å². The van der Waals surface area contributed by atoms with E-state index in [4.69, 9.17) is 33.0 Å². The molecule has 2 aromatic heterocycles. The zero-order chi connectivity index (χ0) is 29.4. The Kier molecular flexibility index (Phi) is 8.13. The number of aromatic nitrogens is 3. The van der Waals surface area contributed by atoms with Crippen LogP contribution < -0.4 is 20.5 Å². The van der Waals surface area contributed by atoms with Gasteiger partial charge in [-0.05, 0) is 55.9 Å². The molecular formula is C30H32Cl2N6O3. The standard InChI is InChI=1S/C30H32Cl2N6O3/c1-18(2)26-25-27(19-10-12-20(31)13-11-19)37(21-16-22(32)29(39)36(17-21)15-14-35(3)4)30(40)33-28(25)34-38(26)23-8-6-7-9-24(23)41-5/h6-13,16-18,27H,14-15H2,1-5H3,(H,33,34,40). The first kappa shape index (κ1) is 28.7. The third-order valence-corrected chi connectivity index (χ3v) is 7.60. The molecule has 1 unspecified atom stereocenters. The first-order valence-electron chi connectivity index (χ1n) is 13.3. The van der Waals surface area contributed by atoms with Gasteiger partial charge in [0.2, 0.25) is 0 Å². The molecule has 2 aromatic carbocycles. The number of amides is 2. The highest BCUT2D eigenvalue weighted by molar-refractivity contribution is 6.31. The second kappa shape index (κ2) is 11.6. The molecule has 1 N–H and O–H groups in total.